The van der Waals surface area contributed by atoms with Crippen LogP contribution in [0, 0.1) is 0 Å². The molecule has 1 radical (unpaired) electrons. The zero-order chi connectivity index (χ0) is 13.3. The van der Waals surface area contributed by atoms with Crippen LogP contribution >= 0.6 is 12.2 Å². The number of nitrogens with zero attached hydrogens (tertiary/aromatic N) is 4. The van der Waals surface area contributed by atoms with E-state index in [2.05, 4.69) is 10.5 Å². The standard InChI is InChI=1S/C11H11N4O2S/c1-14-11(18)15(2)13-9(12-14)7-3-5-8(6-4-7)10(16)17/h3-6H,1-2H3,(H,16,17). The highest BCUT2D eigenvalue weighted by atomic mass is 32.1. The molecule has 0 amide bonds. The van der Waals surface area contributed by atoms with Gasteiger partial charge in [0.15, 0.2) is 5.84 Å². The zero-order valence-corrected chi connectivity index (χ0v) is 10.7. The van der Waals surface area contributed by atoms with Crippen molar-refractivity contribution in [3.05, 3.63) is 35.4 Å². The Kier molecular flexibility index (Phi) is 3.15. The molecule has 0 aromatic heterocycles. The van der Waals surface area contributed by atoms with Gasteiger partial charge in [-0.3, -0.25) is 0 Å². The van der Waals surface area contributed by atoms with Crippen molar-refractivity contribution in [2.45, 2.75) is 0 Å². The molecule has 1 aromatic carbocycles. The van der Waals surface area contributed by atoms with E-state index in [4.69, 9.17) is 17.3 Å². The molecule has 0 spiro atoms. The predicted molar refractivity (Wildman–Crippen MR) is 70.2 cm³/mol. The average Bonchev–Trinajstić information content (AvgIpc) is 2.35. The van der Waals surface area contributed by atoms with Crippen molar-refractivity contribution in [3.63, 3.8) is 0 Å². The lowest BCUT2D eigenvalue weighted by Gasteiger charge is -2.29. The number of thiocarbonyl (C=S) groups is 1. The summed E-state index contributed by atoms with van der Waals surface area (Å²) in [6.45, 7) is 0. The monoisotopic (exact) mass is 263 g/mol. The van der Waals surface area contributed by atoms with Crippen LogP contribution in [0.4, 0.5) is 0 Å². The van der Waals surface area contributed by atoms with E-state index in [-0.39, 0.29) is 5.56 Å². The second kappa shape index (κ2) is 4.61. The minimum atomic E-state index is -0.959. The Bertz CT molecular complexity index is 526. The second-order valence-electron chi connectivity index (χ2n) is 3.74. The van der Waals surface area contributed by atoms with Gasteiger partial charge in [-0.1, -0.05) is 12.1 Å². The Hall–Kier alpha value is -2.15. The Balaban J connectivity index is 2.29. The minimum Gasteiger partial charge on any atom is -0.478 e. The number of benzene rings is 1. The molecule has 0 unspecified atom stereocenters. The number of carboxylic acid groups (broad SMARTS) is 1. The van der Waals surface area contributed by atoms with Crippen molar-refractivity contribution in [2.75, 3.05) is 14.1 Å². The molecule has 7 heteroatoms. The van der Waals surface area contributed by atoms with Crippen LogP contribution in [0.1, 0.15) is 15.9 Å². The highest BCUT2D eigenvalue weighted by molar-refractivity contribution is 7.80. The van der Waals surface area contributed by atoms with E-state index >= 15 is 0 Å². The van der Waals surface area contributed by atoms with Gasteiger partial charge >= 0.3 is 5.97 Å². The number of hydrogen-bond donors (Lipinski definition) is 1. The second-order valence-corrected chi connectivity index (χ2v) is 4.10. The Labute approximate surface area is 109 Å². The van der Waals surface area contributed by atoms with E-state index in [1.54, 1.807) is 36.2 Å². The molecular weight excluding hydrogens is 252 g/mol. The van der Waals surface area contributed by atoms with Gasteiger partial charge in [0.25, 0.3) is 0 Å². The van der Waals surface area contributed by atoms with Gasteiger partial charge in [-0.2, -0.15) is 0 Å². The summed E-state index contributed by atoms with van der Waals surface area (Å²) < 4.78 is 0. The molecular formula is C11H11N4O2S. The van der Waals surface area contributed by atoms with Gasteiger partial charge in [0, 0.05) is 19.7 Å². The van der Waals surface area contributed by atoms with Crippen LogP contribution in [0.2, 0.25) is 0 Å². The summed E-state index contributed by atoms with van der Waals surface area (Å²) in [6.07, 6.45) is 0. The fourth-order valence-corrected chi connectivity index (χ4v) is 1.56. The normalized spacial score (nSPS) is 15.2. The summed E-state index contributed by atoms with van der Waals surface area (Å²) in [6, 6.07) is 6.37. The van der Waals surface area contributed by atoms with E-state index in [1.807, 2.05) is 0 Å². The van der Waals surface area contributed by atoms with Gasteiger partial charge in [-0.15, -0.1) is 10.5 Å². The molecule has 0 atom stereocenters. The van der Waals surface area contributed by atoms with Gasteiger partial charge in [0.2, 0.25) is 5.11 Å². The summed E-state index contributed by atoms with van der Waals surface area (Å²) in [5.74, 6) is -0.468. The molecule has 18 heavy (non-hydrogen) atoms. The first kappa shape index (κ1) is 12.3. The maximum Gasteiger partial charge on any atom is 0.335 e. The summed E-state index contributed by atoms with van der Waals surface area (Å²) >= 11 is 5.08. The zero-order valence-electron chi connectivity index (χ0n) is 9.86. The predicted octanol–water partition coefficient (Wildman–Crippen LogP) is 0.728. The van der Waals surface area contributed by atoms with Crippen molar-refractivity contribution >= 4 is 29.1 Å². The first-order chi connectivity index (χ1) is 8.49. The number of amidine groups is 1. The van der Waals surface area contributed by atoms with Crippen molar-refractivity contribution in [1.82, 2.24) is 15.4 Å². The van der Waals surface area contributed by atoms with Gasteiger partial charge in [-0.25, -0.2) is 14.8 Å². The van der Waals surface area contributed by atoms with Crippen molar-refractivity contribution in [3.8, 4) is 0 Å². The maximum absolute atomic E-state index is 10.7. The maximum atomic E-state index is 10.7. The molecule has 0 aliphatic carbocycles. The SMILES string of the molecule is CN1[N]C(c2ccc(C(=O)O)cc2)=NN(C)C1=S. The summed E-state index contributed by atoms with van der Waals surface area (Å²) in [7, 11) is 3.47. The molecule has 1 N–H and O–H groups in total. The third kappa shape index (κ3) is 2.25. The van der Waals surface area contributed by atoms with Crippen LogP contribution in [0.25, 0.3) is 0 Å². The third-order valence-electron chi connectivity index (χ3n) is 2.43. The fourth-order valence-electron chi connectivity index (χ4n) is 1.48. The van der Waals surface area contributed by atoms with Crippen LogP contribution in [-0.2, 0) is 0 Å². The topological polar surface area (TPSA) is 70.2 Å². The Morgan fingerprint density at radius 2 is 1.83 bits per heavy atom. The van der Waals surface area contributed by atoms with E-state index in [9.17, 15) is 4.79 Å². The van der Waals surface area contributed by atoms with Crippen LogP contribution in [0.5, 0.6) is 0 Å². The molecule has 1 aliphatic rings. The summed E-state index contributed by atoms with van der Waals surface area (Å²) in [5, 5.41) is 16.6. The van der Waals surface area contributed by atoms with E-state index in [0.29, 0.717) is 10.9 Å². The molecule has 1 heterocycles. The number of carboxylic acids is 1. The lowest BCUT2D eigenvalue weighted by molar-refractivity contribution is 0.0697. The van der Waals surface area contributed by atoms with E-state index in [0.717, 1.165) is 5.56 Å². The third-order valence-corrected chi connectivity index (χ3v) is 2.96. The fraction of sp³-hybridized carbons (Fsp3) is 0.182. The van der Waals surface area contributed by atoms with Crippen molar-refractivity contribution in [1.29, 1.82) is 0 Å². The van der Waals surface area contributed by atoms with Gasteiger partial charge in [0.1, 0.15) is 0 Å². The number of hydrazone groups is 1. The highest BCUT2D eigenvalue weighted by Gasteiger charge is 2.21. The van der Waals surface area contributed by atoms with Gasteiger partial charge in [0.05, 0.1) is 5.56 Å². The molecule has 1 aromatic rings. The van der Waals surface area contributed by atoms with E-state index in [1.165, 1.54) is 12.1 Å². The largest absolute Gasteiger partial charge is 0.478 e. The molecule has 93 valence electrons. The van der Waals surface area contributed by atoms with Gasteiger partial charge < -0.3 is 5.11 Å². The van der Waals surface area contributed by atoms with Crippen LogP contribution in [-0.4, -0.2) is 46.1 Å². The molecule has 2 rings (SSSR count). The van der Waals surface area contributed by atoms with Crippen molar-refractivity contribution in [2.24, 2.45) is 5.10 Å². The van der Waals surface area contributed by atoms with Crippen molar-refractivity contribution < 1.29 is 9.90 Å². The molecule has 0 saturated heterocycles. The van der Waals surface area contributed by atoms with Crippen LogP contribution < -0.4 is 5.43 Å². The quantitative estimate of drug-likeness (QED) is 0.796. The minimum absolute atomic E-state index is 0.229. The molecule has 1 aliphatic heterocycles. The number of carbonyl (C=O) groups is 1. The summed E-state index contributed by atoms with van der Waals surface area (Å²) in [4.78, 5) is 10.7. The highest BCUT2D eigenvalue weighted by Crippen LogP contribution is 2.10. The number of hydrogen-bond acceptors (Lipinski definition) is 3. The average molecular weight is 263 g/mol. The first-order valence-corrected chi connectivity index (χ1v) is 5.55. The van der Waals surface area contributed by atoms with E-state index < -0.39 is 5.97 Å². The molecule has 0 bridgehead atoms. The number of rotatable bonds is 2. The smallest absolute Gasteiger partial charge is 0.335 e. The number of aromatic carboxylic acids is 1. The molecule has 0 fully saturated rings. The van der Waals surface area contributed by atoms with Gasteiger partial charge in [-0.05, 0) is 24.4 Å². The Morgan fingerprint density at radius 3 is 2.33 bits per heavy atom. The lowest BCUT2D eigenvalue weighted by Crippen LogP contribution is -2.48. The van der Waals surface area contributed by atoms with Crippen LogP contribution in [0.3, 0.4) is 0 Å². The lowest BCUT2D eigenvalue weighted by atomic mass is 10.1. The van der Waals surface area contributed by atoms with Crippen LogP contribution in [0.15, 0.2) is 29.4 Å². The first-order valence-electron chi connectivity index (χ1n) is 5.14. The molecule has 6 nitrogen and oxygen atoms in total. The summed E-state index contributed by atoms with van der Waals surface area (Å²) in [5.41, 5.74) is 5.18. The Morgan fingerprint density at radius 1 is 1.22 bits per heavy atom. The molecule has 0 saturated carbocycles.